The third kappa shape index (κ3) is 5.29. The first-order chi connectivity index (χ1) is 10.0. The number of halogens is 1. The molecule has 2 aromatic carbocycles. The topological polar surface area (TPSA) is 12.0 Å². The van der Waals surface area contributed by atoms with Crippen molar-refractivity contribution in [2.75, 3.05) is 6.54 Å². The molecule has 0 saturated carbocycles. The summed E-state index contributed by atoms with van der Waals surface area (Å²) in [6.07, 6.45) is 1.07. The first-order valence-electron chi connectivity index (χ1n) is 7.59. The number of rotatable bonds is 6. The molecule has 0 aromatic heterocycles. The van der Waals surface area contributed by atoms with Gasteiger partial charge >= 0.3 is 0 Å². The fourth-order valence-corrected chi connectivity index (χ4v) is 2.69. The second-order valence-corrected chi connectivity index (χ2v) is 6.92. The predicted molar refractivity (Wildman–Crippen MR) is 94.9 cm³/mol. The zero-order chi connectivity index (χ0) is 15.2. The third-order valence-electron chi connectivity index (χ3n) is 3.72. The van der Waals surface area contributed by atoms with Crippen LogP contribution in [-0.2, 0) is 6.42 Å². The fourth-order valence-electron chi connectivity index (χ4n) is 2.43. The molecule has 1 atom stereocenters. The van der Waals surface area contributed by atoms with Gasteiger partial charge < -0.3 is 5.32 Å². The maximum Gasteiger partial charge on any atom is 0.0175 e. The van der Waals surface area contributed by atoms with Crippen molar-refractivity contribution in [3.8, 4) is 0 Å². The quantitative estimate of drug-likeness (QED) is 0.769. The maximum atomic E-state index is 3.58. The minimum absolute atomic E-state index is 0.508. The average Bonchev–Trinajstić information content (AvgIpc) is 2.46. The van der Waals surface area contributed by atoms with E-state index in [0.29, 0.717) is 12.0 Å². The first-order valence-corrected chi connectivity index (χ1v) is 8.38. The Kier molecular flexibility index (Phi) is 6.01. The van der Waals surface area contributed by atoms with Crippen LogP contribution in [0.25, 0.3) is 0 Å². The van der Waals surface area contributed by atoms with Crippen LogP contribution < -0.4 is 5.32 Å². The van der Waals surface area contributed by atoms with Crippen LogP contribution in [0.3, 0.4) is 0 Å². The predicted octanol–water partition coefficient (Wildman–Crippen LogP) is 5.08. The highest BCUT2D eigenvalue weighted by atomic mass is 79.9. The van der Waals surface area contributed by atoms with Gasteiger partial charge in [0.05, 0.1) is 0 Å². The van der Waals surface area contributed by atoms with E-state index >= 15 is 0 Å². The summed E-state index contributed by atoms with van der Waals surface area (Å²) < 4.78 is 1.14. The van der Waals surface area contributed by atoms with E-state index in [-0.39, 0.29) is 0 Å². The van der Waals surface area contributed by atoms with Gasteiger partial charge in [0, 0.05) is 23.0 Å². The molecule has 0 bridgehead atoms. The Morgan fingerprint density at radius 3 is 2.14 bits per heavy atom. The van der Waals surface area contributed by atoms with E-state index in [1.165, 1.54) is 16.7 Å². The van der Waals surface area contributed by atoms with Crippen molar-refractivity contribution < 1.29 is 0 Å². The van der Waals surface area contributed by atoms with E-state index in [1.54, 1.807) is 0 Å². The second kappa shape index (κ2) is 7.77. The van der Waals surface area contributed by atoms with Crippen molar-refractivity contribution in [3.05, 3.63) is 69.7 Å². The second-order valence-electron chi connectivity index (χ2n) is 6.00. The van der Waals surface area contributed by atoms with Gasteiger partial charge in [-0.25, -0.2) is 0 Å². The summed E-state index contributed by atoms with van der Waals surface area (Å²) in [5.74, 6) is 0.508. The highest BCUT2D eigenvalue weighted by Crippen LogP contribution is 2.22. The number of nitrogens with one attached hydrogen (secondary N) is 1. The Morgan fingerprint density at radius 1 is 0.952 bits per heavy atom. The third-order valence-corrected chi connectivity index (χ3v) is 4.25. The van der Waals surface area contributed by atoms with E-state index < -0.39 is 0 Å². The van der Waals surface area contributed by atoms with E-state index in [4.69, 9.17) is 0 Å². The molecular formula is C19H24BrN. The summed E-state index contributed by atoms with van der Waals surface area (Å²) in [4.78, 5) is 0. The molecule has 0 aliphatic heterocycles. The van der Waals surface area contributed by atoms with Gasteiger partial charge in [0.15, 0.2) is 0 Å². The van der Waals surface area contributed by atoms with Crippen LogP contribution in [0, 0.1) is 6.92 Å². The van der Waals surface area contributed by atoms with Gasteiger partial charge in [-0.1, -0.05) is 71.7 Å². The van der Waals surface area contributed by atoms with Crippen LogP contribution in [0.5, 0.6) is 0 Å². The Hall–Kier alpha value is -1.12. The van der Waals surface area contributed by atoms with Crippen molar-refractivity contribution in [2.45, 2.75) is 39.2 Å². The number of aryl methyl sites for hydroxylation is 1. The molecule has 0 aliphatic rings. The zero-order valence-electron chi connectivity index (χ0n) is 13.1. The fraction of sp³-hybridized carbons (Fsp3) is 0.368. The molecular weight excluding hydrogens is 322 g/mol. The van der Waals surface area contributed by atoms with Gasteiger partial charge in [-0.2, -0.15) is 0 Å². The summed E-state index contributed by atoms with van der Waals surface area (Å²) in [6, 6.07) is 18.1. The molecule has 1 N–H and O–H groups in total. The van der Waals surface area contributed by atoms with Crippen LogP contribution in [0.4, 0.5) is 0 Å². The van der Waals surface area contributed by atoms with Gasteiger partial charge in [-0.15, -0.1) is 0 Å². The van der Waals surface area contributed by atoms with Crippen LogP contribution in [0.15, 0.2) is 53.0 Å². The molecule has 21 heavy (non-hydrogen) atoms. The van der Waals surface area contributed by atoms with E-state index in [9.17, 15) is 0 Å². The van der Waals surface area contributed by atoms with Crippen molar-refractivity contribution in [2.24, 2.45) is 0 Å². The highest BCUT2D eigenvalue weighted by molar-refractivity contribution is 9.10. The van der Waals surface area contributed by atoms with Crippen molar-refractivity contribution in [1.29, 1.82) is 0 Å². The van der Waals surface area contributed by atoms with Crippen LogP contribution in [0.2, 0.25) is 0 Å². The zero-order valence-corrected chi connectivity index (χ0v) is 14.7. The molecule has 2 aromatic rings. The van der Waals surface area contributed by atoms with E-state index in [2.05, 4.69) is 90.5 Å². The smallest absolute Gasteiger partial charge is 0.0175 e. The number of hydrogen-bond acceptors (Lipinski definition) is 1. The Morgan fingerprint density at radius 2 is 1.57 bits per heavy atom. The minimum atomic E-state index is 0.508. The standard InChI is InChI=1S/C19H24BrN/c1-14(2)21-13-18(17-8-4-15(3)5-9-17)12-16-6-10-19(20)11-7-16/h4-11,14,18,21H,12-13H2,1-3H3. The van der Waals surface area contributed by atoms with Crippen LogP contribution in [0.1, 0.15) is 36.5 Å². The van der Waals surface area contributed by atoms with E-state index in [0.717, 1.165) is 17.4 Å². The lowest BCUT2D eigenvalue weighted by atomic mass is 9.91. The lowest BCUT2D eigenvalue weighted by molar-refractivity contribution is 0.527. The van der Waals surface area contributed by atoms with Gasteiger partial charge in [0.2, 0.25) is 0 Å². The Bertz CT molecular complexity index is 543. The molecule has 0 fully saturated rings. The summed E-state index contributed by atoms with van der Waals surface area (Å²) in [5.41, 5.74) is 4.11. The first kappa shape index (κ1) is 16.3. The van der Waals surface area contributed by atoms with Crippen LogP contribution >= 0.6 is 15.9 Å². The molecule has 0 aliphatic carbocycles. The molecule has 0 spiro atoms. The molecule has 0 heterocycles. The number of hydrogen-bond donors (Lipinski definition) is 1. The molecule has 2 rings (SSSR count). The monoisotopic (exact) mass is 345 g/mol. The maximum absolute atomic E-state index is 3.58. The van der Waals surface area contributed by atoms with Crippen molar-refractivity contribution >= 4 is 15.9 Å². The Balaban J connectivity index is 2.14. The van der Waals surface area contributed by atoms with Gasteiger partial charge in [-0.3, -0.25) is 0 Å². The lowest BCUT2D eigenvalue weighted by Crippen LogP contribution is -2.29. The molecule has 0 amide bonds. The van der Waals surface area contributed by atoms with Crippen molar-refractivity contribution in [1.82, 2.24) is 5.32 Å². The van der Waals surface area contributed by atoms with Gasteiger partial charge in [0.25, 0.3) is 0 Å². The highest BCUT2D eigenvalue weighted by Gasteiger charge is 2.13. The van der Waals surface area contributed by atoms with Gasteiger partial charge in [0.1, 0.15) is 0 Å². The SMILES string of the molecule is Cc1ccc(C(CNC(C)C)Cc2ccc(Br)cc2)cc1. The molecule has 0 radical (unpaired) electrons. The molecule has 0 saturated heterocycles. The molecule has 2 heteroatoms. The van der Waals surface area contributed by atoms with E-state index in [1.807, 2.05) is 0 Å². The molecule has 112 valence electrons. The molecule has 1 unspecified atom stereocenters. The van der Waals surface area contributed by atoms with Crippen LogP contribution in [-0.4, -0.2) is 12.6 Å². The minimum Gasteiger partial charge on any atom is -0.314 e. The molecule has 1 nitrogen and oxygen atoms in total. The largest absolute Gasteiger partial charge is 0.314 e. The summed E-state index contributed by atoms with van der Waals surface area (Å²) in [7, 11) is 0. The summed E-state index contributed by atoms with van der Waals surface area (Å²) in [5, 5.41) is 3.58. The van der Waals surface area contributed by atoms with Crippen molar-refractivity contribution in [3.63, 3.8) is 0 Å². The van der Waals surface area contributed by atoms with Gasteiger partial charge in [-0.05, 0) is 36.6 Å². The normalized spacial score (nSPS) is 12.6. The number of benzene rings is 2. The Labute approximate surface area is 136 Å². The summed E-state index contributed by atoms with van der Waals surface area (Å²) >= 11 is 3.50. The lowest BCUT2D eigenvalue weighted by Gasteiger charge is -2.20. The summed E-state index contributed by atoms with van der Waals surface area (Å²) in [6.45, 7) is 7.55. The average molecular weight is 346 g/mol.